The van der Waals surface area contributed by atoms with Crippen LogP contribution >= 0.6 is 27.3 Å². The molecule has 0 aliphatic rings. The van der Waals surface area contributed by atoms with Crippen molar-refractivity contribution in [2.45, 2.75) is 13.8 Å². The van der Waals surface area contributed by atoms with Crippen LogP contribution in [0.1, 0.15) is 31.2 Å². The molecule has 0 aliphatic heterocycles. The van der Waals surface area contributed by atoms with Crippen LogP contribution in [0.15, 0.2) is 28.7 Å². The Morgan fingerprint density at radius 1 is 1.12 bits per heavy atom. The van der Waals surface area contributed by atoms with E-state index in [2.05, 4.69) is 21.2 Å². The molecule has 2 rings (SSSR count). The molecule has 8 heteroatoms. The fourth-order valence-corrected chi connectivity index (χ4v) is 3.36. The van der Waals surface area contributed by atoms with Crippen molar-refractivity contribution in [2.24, 2.45) is 0 Å². The predicted molar refractivity (Wildman–Crippen MR) is 98.2 cm³/mol. The number of benzene rings is 1. The number of esters is 2. The number of thiophene rings is 1. The average Bonchev–Trinajstić information content (AvgIpc) is 2.86. The first kappa shape index (κ1) is 19.1. The molecule has 1 N–H and O–H groups in total. The van der Waals surface area contributed by atoms with E-state index in [1.165, 1.54) is 18.4 Å². The Kier molecular flexibility index (Phi) is 6.33. The van der Waals surface area contributed by atoms with E-state index in [9.17, 15) is 14.4 Å². The van der Waals surface area contributed by atoms with Gasteiger partial charge in [-0.2, -0.15) is 0 Å². The van der Waals surface area contributed by atoms with Gasteiger partial charge in [0.2, 0.25) is 0 Å². The first-order valence-electron chi connectivity index (χ1n) is 7.24. The van der Waals surface area contributed by atoms with Crippen LogP contribution in [0.3, 0.4) is 0 Å². The van der Waals surface area contributed by atoms with Crippen molar-refractivity contribution in [1.29, 1.82) is 0 Å². The van der Waals surface area contributed by atoms with E-state index in [4.69, 9.17) is 9.47 Å². The number of halogens is 1. The summed E-state index contributed by atoms with van der Waals surface area (Å²) < 4.78 is 10.6. The third kappa shape index (κ3) is 4.67. The summed E-state index contributed by atoms with van der Waals surface area (Å²) in [6.07, 6.45) is 0. The standard InChI is InChI=1S/C17H16BrNO5S/c1-9-10(2)25-15(14(9)17(22)23-3)19-13(20)8-24-16(21)11-4-6-12(18)7-5-11/h4-7H,8H2,1-3H3,(H,19,20). The molecule has 0 spiro atoms. The summed E-state index contributed by atoms with van der Waals surface area (Å²) in [7, 11) is 1.28. The van der Waals surface area contributed by atoms with E-state index in [0.29, 0.717) is 16.1 Å². The van der Waals surface area contributed by atoms with Gasteiger partial charge in [0.25, 0.3) is 5.91 Å². The zero-order chi connectivity index (χ0) is 18.6. The Balaban J connectivity index is 2.01. The molecular formula is C17H16BrNO5S. The topological polar surface area (TPSA) is 81.7 Å². The fourth-order valence-electron chi connectivity index (χ4n) is 2.03. The summed E-state index contributed by atoms with van der Waals surface area (Å²) in [6, 6.07) is 6.59. The van der Waals surface area contributed by atoms with Gasteiger partial charge in [-0.05, 0) is 43.7 Å². The minimum Gasteiger partial charge on any atom is -0.465 e. The van der Waals surface area contributed by atoms with E-state index in [1.54, 1.807) is 31.2 Å². The van der Waals surface area contributed by atoms with Crippen molar-refractivity contribution in [3.63, 3.8) is 0 Å². The maximum Gasteiger partial charge on any atom is 0.341 e. The number of hydrogen-bond donors (Lipinski definition) is 1. The number of carbonyl (C=O) groups is 3. The highest BCUT2D eigenvalue weighted by atomic mass is 79.9. The van der Waals surface area contributed by atoms with Crippen molar-refractivity contribution < 1.29 is 23.9 Å². The number of methoxy groups -OCH3 is 1. The van der Waals surface area contributed by atoms with Crippen molar-refractivity contribution >= 4 is 50.1 Å². The van der Waals surface area contributed by atoms with Gasteiger partial charge in [0.15, 0.2) is 6.61 Å². The van der Waals surface area contributed by atoms with Crippen LogP contribution < -0.4 is 5.32 Å². The van der Waals surface area contributed by atoms with Crippen LogP contribution in [0, 0.1) is 13.8 Å². The lowest BCUT2D eigenvalue weighted by Crippen LogP contribution is -2.21. The Hall–Kier alpha value is -2.19. The van der Waals surface area contributed by atoms with Gasteiger partial charge >= 0.3 is 11.9 Å². The van der Waals surface area contributed by atoms with Crippen LogP contribution in [0.2, 0.25) is 0 Å². The molecule has 1 aromatic carbocycles. The van der Waals surface area contributed by atoms with Gasteiger partial charge in [-0.25, -0.2) is 9.59 Å². The van der Waals surface area contributed by atoms with Crippen molar-refractivity contribution in [1.82, 2.24) is 0 Å². The van der Waals surface area contributed by atoms with E-state index in [0.717, 1.165) is 14.9 Å². The maximum absolute atomic E-state index is 12.0. The summed E-state index contributed by atoms with van der Waals surface area (Å²) in [4.78, 5) is 36.7. The van der Waals surface area contributed by atoms with Gasteiger partial charge < -0.3 is 14.8 Å². The monoisotopic (exact) mass is 425 g/mol. The molecule has 25 heavy (non-hydrogen) atoms. The summed E-state index contributed by atoms with van der Waals surface area (Å²) in [6.45, 7) is 3.17. The molecule has 1 amide bonds. The summed E-state index contributed by atoms with van der Waals surface area (Å²) in [5.74, 6) is -1.66. The Morgan fingerprint density at radius 3 is 2.36 bits per heavy atom. The maximum atomic E-state index is 12.0. The third-order valence-corrected chi connectivity index (χ3v) is 5.09. The van der Waals surface area contributed by atoms with Gasteiger partial charge in [-0.1, -0.05) is 15.9 Å². The highest BCUT2D eigenvalue weighted by Crippen LogP contribution is 2.32. The van der Waals surface area contributed by atoms with Gasteiger partial charge in [0.05, 0.1) is 18.2 Å². The van der Waals surface area contributed by atoms with Crippen molar-refractivity contribution in [3.05, 3.63) is 50.3 Å². The number of hydrogen-bond acceptors (Lipinski definition) is 6. The summed E-state index contributed by atoms with van der Waals surface area (Å²) >= 11 is 4.54. The second-order valence-corrected chi connectivity index (χ2v) is 7.25. The molecule has 2 aromatic rings. The molecule has 0 radical (unpaired) electrons. The molecule has 0 saturated heterocycles. The Bertz CT molecular complexity index is 813. The normalized spacial score (nSPS) is 10.2. The number of aryl methyl sites for hydroxylation is 1. The molecule has 6 nitrogen and oxygen atoms in total. The Morgan fingerprint density at radius 2 is 1.76 bits per heavy atom. The van der Waals surface area contributed by atoms with Crippen LogP contribution in [0.4, 0.5) is 5.00 Å². The molecule has 132 valence electrons. The van der Waals surface area contributed by atoms with E-state index >= 15 is 0 Å². The van der Waals surface area contributed by atoms with Crippen LogP contribution in [-0.4, -0.2) is 31.6 Å². The average molecular weight is 426 g/mol. The quantitative estimate of drug-likeness (QED) is 0.738. The van der Waals surface area contributed by atoms with Crippen LogP contribution in [0.5, 0.6) is 0 Å². The highest BCUT2D eigenvalue weighted by Gasteiger charge is 2.22. The lowest BCUT2D eigenvalue weighted by molar-refractivity contribution is -0.119. The van der Waals surface area contributed by atoms with Gasteiger partial charge in [-0.15, -0.1) is 11.3 Å². The molecule has 0 unspecified atom stereocenters. The SMILES string of the molecule is COC(=O)c1c(NC(=O)COC(=O)c2ccc(Br)cc2)sc(C)c1C. The lowest BCUT2D eigenvalue weighted by Gasteiger charge is -2.07. The molecule has 0 aliphatic carbocycles. The number of nitrogens with one attached hydrogen (secondary N) is 1. The predicted octanol–water partition coefficient (Wildman–Crippen LogP) is 3.71. The van der Waals surface area contributed by atoms with E-state index in [1.807, 2.05) is 6.92 Å². The molecule has 1 heterocycles. The van der Waals surface area contributed by atoms with Gasteiger partial charge in [0, 0.05) is 9.35 Å². The zero-order valence-electron chi connectivity index (χ0n) is 13.8. The molecule has 0 saturated carbocycles. The minimum absolute atomic E-state index is 0.317. The summed E-state index contributed by atoms with van der Waals surface area (Å²) in [5, 5.41) is 2.98. The molecule has 0 fully saturated rings. The molecule has 1 aromatic heterocycles. The number of anilines is 1. The first-order chi connectivity index (χ1) is 11.8. The first-order valence-corrected chi connectivity index (χ1v) is 8.85. The smallest absolute Gasteiger partial charge is 0.341 e. The van der Waals surface area contributed by atoms with Gasteiger partial charge in [0.1, 0.15) is 5.00 Å². The van der Waals surface area contributed by atoms with Crippen LogP contribution in [-0.2, 0) is 14.3 Å². The van der Waals surface area contributed by atoms with Crippen LogP contribution in [0.25, 0.3) is 0 Å². The number of amides is 1. The third-order valence-electron chi connectivity index (χ3n) is 3.44. The second kappa shape index (κ2) is 8.26. The number of ether oxygens (including phenoxy) is 2. The molecule has 0 atom stereocenters. The lowest BCUT2D eigenvalue weighted by atomic mass is 10.1. The largest absolute Gasteiger partial charge is 0.465 e. The fraction of sp³-hybridized carbons (Fsp3) is 0.235. The molecule has 0 bridgehead atoms. The highest BCUT2D eigenvalue weighted by molar-refractivity contribution is 9.10. The summed E-state index contributed by atoms with van der Waals surface area (Å²) in [5.41, 5.74) is 1.41. The second-order valence-electron chi connectivity index (χ2n) is 5.11. The van der Waals surface area contributed by atoms with E-state index in [-0.39, 0.29) is 0 Å². The minimum atomic E-state index is -0.602. The van der Waals surface area contributed by atoms with Crippen molar-refractivity contribution in [3.8, 4) is 0 Å². The molecular weight excluding hydrogens is 410 g/mol. The Labute approximate surface area is 157 Å². The van der Waals surface area contributed by atoms with E-state index < -0.39 is 24.5 Å². The number of rotatable bonds is 5. The zero-order valence-corrected chi connectivity index (χ0v) is 16.2. The number of carbonyl (C=O) groups excluding carboxylic acids is 3. The van der Waals surface area contributed by atoms with Gasteiger partial charge in [-0.3, -0.25) is 4.79 Å². The van der Waals surface area contributed by atoms with Crippen molar-refractivity contribution in [2.75, 3.05) is 19.0 Å².